The maximum absolute atomic E-state index is 13.1. The van der Waals surface area contributed by atoms with Crippen molar-refractivity contribution >= 4 is 27.3 Å². The second-order valence-corrected chi connectivity index (χ2v) is 9.98. The van der Waals surface area contributed by atoms with Crippen LogP contribution in [-0.2, 0) is 21.3 Å². The zero-order valence-electron chi connectivity index (χ0n) is 17.1. The maximum Gasteiger partial charge on any atom is 0.271 e. The van der Waals surface area contributed by atoms with E-state index < -0.39 is 10.0 Å². The van der Waals surface area contributed by atoms with Gasteiger partial charge in [-0.3, -0.25) is 4.79 Å². The van der Waals surface area contributed by atoms with Gasteiger partial charge in [0.2, 0.25) is 10.0 Å². The van der Waals surface area contributed by atoms with Gasteiger partial charge in [0.05, 0.1) is 18.1 Å². The molecule has 1 N–H and O–H groups in total. The number of aromatic nitrogens is 1. The van der Waals surface area contributed by atoms with E-state index in [1.807, 2.05) is 31.2 Å². The Balaban J connectivity index is 1.47. The number of hydrogen-bond donors (Lipinski definition) is 1. The monoisotopic (exact) mass is 457 g/mol. The fourth-order valence-corrected chi connectivity index (χ4v) is 5.74. The van der Waals surface area contributed by atoms with Gasteiger partial charge in [0.25, 0.3) is 5.91 Å². The first-order valence-corrected chi connectivity index (χ1v) is 12.2. The number of morpholine rings is 1. The molecule has 1 aliphatic rings. The van der Waals surface area contributed by atoms with Gasteiger partial charge in [0, 0.05) is 30.6 Å². The quantitative estimate of drug-likeness (QED) is 0.615. The molecule has 0 unspecified atom stereocenters. The first-order valence-electron chi connectivity index (χ1n) is 9.92. The molecule has 4 rings (SSSR count). The van der Waals surface area contributed by atoms with Gasteiger partial charge in [-0.2, -0.15) is 4.31 Å². The molecule has 3 aromatic rings. The molecule has 0 spiro atoms. The number of hydrogen-bond acceptors (Lipinski definition) is 6. The molecule has 1 aromatic heterocycles. The van der Waals surface area contributed by atoms with Crippen LogP contribution < -0.4 is 5.32 Å². The average molecular weight is 458 g/mol. The number of carbonyl (C=O) groups excluding carboxylic acids is 1. The molecular formula is C22H23N3O4S2. The summed E-state index contributed by atoms with van der Waals surface area (Å²) in [5.41, 5.74) is 2.96. The summed E-state index contributed by atoms with van der Waals surface area (Å²) < 4.78 is 32.8. The third-order valence-corrected chi connectivity index (χ3v) is 7.93. The number of amides is 1. The molecule has 7 nitrogen and oxygen atoms in total. The van der Waals surface area contributed by atoms with Crippen molar-refractivity contribution in [2.24, 2.45) is 0 Å². The number of aryl methyl sites for hydroxylation is 1. The highest BCUT2D eigenvalue weighted by Crippen LogP contribution is 2.24. The number of rotatable bonds is 6. The SMILES string of the molecule is Cc1ccc(-c2nc(C(=O)NCc3ccccc3S(=O)(=O)N3CCOCC3)cs2)cc1. The van der Waals surface area contributed by atoms with Crippen LogP contribution in [0.15, 0.2) is 58.8 Å². The van der Waals surface area contributed by atoms with Gasteiger partial charge in [-0.05, 0) is 18.6 Å². The van der Waals surface area contributed by atoms with Crippen molar-refractivity contribution in [3.05, 3.63) is 70.7 Å². The van der Waals surface area contributed by atoms with E-state index in [1.165, 1.54) is 15.6 Å². The smallest absolute Gasteiger partial charge is 0.271 e. The minimum Gasteiger partial charge on any atom is -0.379 e. The summed E-state index contributed by atoms with van der Waals surface area (Å²) in [6.07, 6.45) is 0. The van der Waals surface area contributed by atoms with Crippen molar-refractivity contribution in [2.45, 2.75) is 18.4 Å². The van der Waals surface area contributed by atoms with Crippen LogP contribution >= 0.6 is 11.3 Å². The van der Waals surface area contributed by atoms with Crippen LogP contribution in [-0.4, -0.2) is 49.9 Å². The Morgan fingerprint density at radius 2 is 1.84 bits per heavy atom. The lowest BCUT2D eigenvalue weighted by atomic mass is 10.2. The Bertz CT molecular complexity index is 1170. The number of carbonyl (C=O) groups is 1. The summed E-state index contributed by atoms with van der Waals surface area (Å²) in [7, 11) is -3.65. The van der Waals surface area contributed by atoms with Gasteiger partial charge in [-0.25, -0.2) is 13.4 Å². The average Bonchev–Trinajstić information content (AvgIpc) is 3.29. The zero-order valence-corrected chi connectivity index (χ0v) is 18.7. The highest BCUT2D eigenvalue weighted by molar-refractivity contribution is 7.89. The summed E-state index contributed by atoms with van der Waals surface area (Å²) in [6.45, 7) is 3.52. The van der Waals surface area contributed by atoms with Crippen LogP contribution in [0, 0.1) is 6.92 Å². The van der Waals surface area contributed by atoms with Crippen molar-refractivity contribution in [3.63, 3.8) is 0 Å². The fourth-order valence-electron chi connectivity index (χ4n) is 3.30. The summed E-state index contributed by atoms with van der Waals surface area (Å²) >= 11 is 1.40. The van der Waals surface area contributed by atoms with E-state index in [1.54, 1.807) is 29.6 Å². The Morgan fingerprint density at radius 1 is 1.13 bits per heavy atom. The predicted molar refractivity (Wildman–Crippen MR) is 119 cm³/mol. The van der Waals surface area contributed by atoms with Crippen molar-refractivity contribution in [1.29, 1.82) is 0 Å². The highest BCUT2D eigenvalue weighted by atomic mass is 32.2. The lowest BCUT2D eigenvalue weighted by Gasteiger charge is -2.27. The summed E-state index contributed by atoms with van der Waals surface area (Å²) in [4.78, 5) is 17.3. The van der Waals surface area contributed by atoms with Gasteiger partial charge in [0.1, 0.15) is 10.7 Å². The molecule has 0 aliphatic carbocycles. The number of thiazole rings is 1. The van der Waals surface area contributed by atoms with E-state index in [2.05, 4.69) is 10.3 Å². The Kier molecular flexibility index (Phi) is 6.47. The Labute approximate surface area is 185 Å². The number of ether oxygens (including phenoxy) is 1. The molecule has 0 saturated carbocycles. The third-order valence-electron chi connectivity index (χ3n) is 5.04. The normalized spacial score (nSPS) is 15.0. The Hall–Kier alpha value is -2.59. The number of sulfonamides is 1. The van der Waals surface area contributed by atoms with E-state index in [0.29, 0.717) is 37.6 Å². The molecule has 31 heavy (non-hydrogen) atoms. The minimum atomic E-state index is -3.65. The van der Waals surface area contributed by atoms with Crippen molar-refractivity contribution in [2.75, 3.05) is 26.3 Å². The number of nitrogens with zero attached hydrogens (tertiary/aromatic N) is 2. The number of nitrogens with one attached hydrogen (secondary N) is 1. The van der Waals surface area contributed by atoms with Crippen LogP contribution in [0.4, 0.5) is 0 Å². The molecular weight excluding hydrogens is 434 g/mol. The van der Waals surface area contributed by atoms with Gasteiger partial charge in [-0.1, -0.05) is 48.0 Å². The zero-order chi connectivity index (χ0) is 21.8. The molecule has 2 heterocycles. The van der Waals surface area contributed by atoms with Gasteiger partial charge >= 0.3 is 0 Å². The predicted octanol–water partition coefficient (Wildman–Crippen LogP) is 3.07. The molecule has 1 saturated heterocycles. The highest BCUT2D eigenvalue weighted by Gasteiger charge is 2.28. The molecule has 162 valence electrons. The first kappa shape index (κ1) is 21.6. The summed E-state index contributed by atoms with van der Waals surface area (Å²) in [5, 5.41) is 5.28. The van der Waals surface area contributed by atoms with Crippen molar-refractivity contribution in [1.82, 2.24) is 14.6 Å². The second-order valence-electron chi connectivity index (χ2n) is 7.21. The van der Waals surface area contributed by atoms with E-state index in [-0.39, 0.29) is 17.3 Å². The summed E-state index contributed by atoms with van der Waals surface area (Å²) in [6, 6.07) is 14.7. The van der Waals surface area contributed by atoms with Crippen LogP contribution in [0.25, 0.3) is 10.6 Å². The second kappa shape index (κ2) is 9.27. The Morgan fingerprint density at radius 3 is 2.58 bits per heavy atom. The minimum absolute atomic E-state index is 0.0932. The van der Waals surface area contributed by atoms with Crippen LogP contribution in [0.5, 0.6) is 0 Å². The molecule has 0 atom stereocenters. The molecule has 9 heteroatoms. The van der Waals surface area contributed by atoms with Gasteiger partial charge in [-0.15, -0.1) is 11.3 Å². The third kappa shape index (κ3) is 4.85. The van der Waals surface area contributed by atoms with Crippen LogP contribution in [0.2, 0.25) is 0 Å². The molecule has 1 aliphatic heterocycles. The largest absolute Gasteiger partial charge is 0.379 e. The first-order chi connectivity index (χ1) is 14.9. The molecule has 1 amide bonds. The lowest BCUT2D eigenvalue weighted by molar-refractivity contribution is 0.0730. The topological polar surface area (TPSA) is 88.6 Å². The lowest BCUT2D eigenvalue weighted by Crippen LogP contribution is -2.41. The van der Waals surface area contributed by atoms with E-state index in [0.717, 1.165) is 16.1 Å². The summed E-state index contributed by atoms with van der Waals surface area (Å²) in [5.74, 6) is -0.340. The fraction of sp³-hybridized carbons (Fsp3) is 0.273. The van der Waals surface area contributed by atoms with Crippen LogP contribution in [0.3, 0.4) is 0 Å². The number of benzene rings is 2. The molecule has 2 aromatic carbocycles. The molecule has 0 radical (unpaired) electrons. The van der Waals surface area contributed by atoms with Crippen LogP contribution in [0.1, 0.15) is 21.6 Å². The maximum atomic E-state index is 13.1. The standard InChI is InChI=1S/C22H23N3O4S2/c1-16-6-8-17(9-7-16)22-24-19(15-30-22)21(26)23-14-18-4-2-3-5-20(18)31(27,28)25-10-12-29-13-11-25/h2-9,15H,10-14H2,1H3,(H,23,26). The van der Waals surface area contributed by atoms with Crippen molar-refractivity contribution in [3.8, 4) is 10.6 Å². The van der Waals surface area contributed by atoms with Gasteiger partial charge < -0.3 is 10.1 Å². The van der Waals surface area contributed by atoms with E-state index in [4.69, 9.17) is 4.74 Å². The van der Waals surface area contributed by atoms with Crippen molar-refractivity contribution < 1.29 is 17.9 Å². The van der Waals surface area contributed by atoms with Gasteiger partial charge in [0.15, 0.2) is 0 Å². The van der Waals surface area contributed by atoms with E-state index >= 15 is 0 Å². The molecule has 1 fully saturated rings. The van der Waals surface area contributed by atoms with E-state index in [9.17, 15) is 13.2 Å². The molecule has 0 bridgehead atoms.